The fourth-order valence-electron chi connectivity index (χ4n) is 2.97. The van der Waals surface area contributed by atoms with E-state index in [2.05, 4.69) is 5.32 Å². The Balaban J connectivity index is 2.29. The monoisotopic (exact) mass is 341 g/mol. The zero-order valence-electron chi connectivity index (χ0n) is 13.5. The van der Waals surface area contributed by atoms with E-state index in [0.29, 0.717) is 31.0 Å². The lowest BCUT2D eigenvalue weighted by Crippen LogP contribution is -2.40. The molecule has 0 bridgehead atoms. The van der Waals surface area contributed by atoms with Crippen LogP contribution in [0.4, 0.5) is 5.69 Å². The van der Waals surface area contributed by atoms with Crippen molar-refractivity contribution in [2.24, 2.45) is 5.92 Å². The molecule has 7 nitrogen and oxygen atoms in total. The van der Waals surface area contributed by atoms with Crippen molar-refractivity contribution in [1.82, 2.24) is 9.62 Å². The van der Waals surface area contributed by atoms with Crippen molar-refractivity contribution in [2.45, 2.75) is 31.1 Å². The molecule has 1 heterocycles. The molecule has 0 amide bonds. The Hall–Kier alpha value is -1.51. The van der Waals surface area contributed by atoms with E-state index in [1.54, 1.807) is 6.07 Å². The summed E-state index contributed by atoms with van der Waals surface area (Å²) in [6.07, 6.45) is 2.12. The minimum Gasteiger partial charge on any atom is -0.319 e. The number of sulfonamides is 1. The van der Waals surface area contributed by atoms with E-state index in [1.807, 2.05) is 14.0 Å². The smallest absolute Gasteiger partial charge is 0.270 e. The summed E-state index contributed by atoms with van der Waals surface area (Å²) in [6, 6.07) is 4.09. The van der Waals surface area contributed by atoms with Crippen LogP contribution in [0, 0.1) is 16.0 Å². The number of benzene rings is 1. The number of piperidine rings is 1. The maximum atomic E-state index is 12.9. The first-order valence-corrected chi connectivity index (χ1v) is 9.26. The highest BCUT2D eigenvalue weighted by Gasteiger charge is 2.31. The third kappa shape index (κ3) is 3.88. The third-order valence-corrected chi connectivity index (χ3v) is 6.31. The van der Waals surface area contributed by atoms with E-state index in [4.69, 9.17) is 0 Å². The number of hydrogen-bond acceptors (Lipinski definition) is 5. The Morgan fingerprint density at radius 1 is 1.35 bits per heavy atom. The quantitative estimate of drug-likeness (QED) is 0.629. The average molecular weight is 341 g/mol. The molecule has 1 aliphatic rings. The van der Waals surface area contributed by atoms with Gasteiger partial charge in [-0.2, -0.15) is 4.31 Å². The maximum Gasteiger partial charge on any atom is 0.270 e. The van der Waals surface area contributed by atoms with E-state index in [1.165, 1.54) is 16.4 Å². The summed E-state index contributed by atoms with van der Waals surface area (Å²) >= 11 is 0. The number of nitro groups is 1. The van der Waals surface area contributed by atoms with Crippen molar-refractivity contribution in [1.29, 1.82) is 0 Å². The summed E-state index contributed by atoms with van der Waals surface area (Å²) in [5.41, 5.74) is 0.429. The van der Waals surface area contributed by atoms with Gasteiger partial charge in [0, 0.05) is 25.2 Å². The van der Waals surface area contributed by atoms with Gasteiger partial charge >= 0.3 is 0 Å². The lowest BCUT2D eigenvalue weighted by atomic mass is 9.98. The molecular weight excluding hydrogens is 318 g/mol. The van der Waals surface area contributed by atoms with Crippen LogP contribution < -0.4 is 5.32 Å². The van der Waals surface area contributed by atoms with Gasteiger partial charge < -0.3 is 5.32 Å². The third-order valence-electron chi connectivity index (χ3n) is 4.33. The van der Waals surface area contributed by atoms with Crippen LogP contribution >= 0.6 is 0 Å². The molecule has 0 unspecified atom stereocenters. The fraction of sp³-hybridized carbons (Fsp3) is 0.600. The lowest BCUT2D eigenvalue weighted by molar-refractivity contribution is -0.385. The number of rotatable bonds is 6. The summed E-state index contributed by atoms with van der Waals surface area (Å²) in [5, 5.41) is 14.1. The molecule has 8 heteroatoms. The normalized spacial score (nSPS) is 17.3. The molecule has 1 aromatic rings. The first kappa shape index (κ1) is 17.8. The van der Waals surface area contributed by atoms with Gasteiger partial charge in [0.25, 0.3) is 5.69 Å². The van der Waals surface area contributed by atoms with Crippen molar-refractivity contribution >= 4 is 15.7 Å². The summed E-state index contributed by atoms with van der Waals surface area (Å²) in [5.74, 6) is 0.474. The van der Waals surface area contributed by atoms with Gasteiger partial charge in [-0.25, -0.2) is 8.42 Å². The van der Waals surface area contributed by atoms with Gasteiger partial charge in [-0.15, -0.1) is 0 Å². The van der Waals surface area contributed by atoms with Crippen LogP contribution in [-0.2, 0) is 16.4 Å². The molecule has 0 radical (unpaired) electrons. The molecule has 2 rings (SSSR count). The first-order chi connectivity index (χ1) is 10.9. The molecule has 1 fully saturated rings. The van der Waals surface area contributed by atoms with Crippen LogP contribution in [0.25, 0.3) is 0 Å². The Morgan fingerprint density at radius 3 is 2.52 bits per heavy atom. The molecule has 128 valence electrons. The van der Waals surface area contributed by atoms with Crippen LogP contribution in [0.3, 0.4) is 0 Å². The zero-order chi connectivity index (χ0) is 17.0. The van der Waals surface area contributed by atoms with Crippen molar-refractivity contribution in [2.75, 3.05) is 26.7 Å². The van der Waals surface area contributed by atoms with Gasteiger partial charge in [0.2, 0.25) is 10.0 Å². The Bertz CT molecular complexity index is 667. The molecule has 23 heavy (non-hydrogen) atoms. The first-order valence-electron chi connectivity index (χ1n) is 7.82. The molecule has 0 saturated carbocycles. The van der Waals surface area contributed by atoms with Gasteiger partial charge in [-0.1, -0.05) is 13.0 Å². The van der Waals surface area contributed by atoms with Crippen LogP contribution in [-0.4, -0.2) is 44.3 Å². The standard InChI is InChI=1S/C15H23N3O4S/c1-3-13-4-5-14(18(19)20)10-15(13)23(21,22)17-8-6-12(7-9-17)11-16-2/h4-5,10,12,16H,3,6-9,11H2,1-2H3. The Morgan fingerprint density at radius 2 is 2.00 bits per heavy atom. The van der Waals surface area contributed by atoms with Crippen LogP contribution in [0.15, 0.2) is 23.1 Å². The van der Waals surface area contributed by atoms with E-state index < -0.39 is 14.9 Å². The van der Waals surface area contributed by atoms with Gasteiger partial charge in [0.15, 0.2) is 0 Å². The Kier molecular flexibility index (Phi) is 5.72. The second-order valence-corrected chi connectivity index (χ2v) is 7.71. The number of nitrogens with one attached hydrogen (secondary N) is 1. The molecule has 0 aliphatic carbocycles. The molecular formula is C15H23N3O4S. The summed E-state index contributed by atoms with van der Waals surface area (Å²) in [4.78, 5) is 10.5. The van der Waals surface area contributed by atoms with E-state index in [9.17, 15) is 18.5 Å². The summed E-state index contributed by atoms with van der Waals surface area (Å²) in [7, 11) is -1.80. The highest BCUT2D eigenvalue weighted by molar-refractivity contribution is 7.89. The number of non-ortho nitro benzene ring substituents is 1. The zero-order valence-corrected chi connectivity index (χ0v) is 14.3. The molecule has 0 aromatic heterocycles. The minimum absolute atomic E-state index is 0.0706. The van der Waals surface area contributed by atoms with Crippen LogP contribution in [0.1, 0.15) is 25.3 Å². The number of nitrogens with zero attached hydrogens (tertiary/aromatic N) is 2. The second kappa shape index (κ2) is 7.37. The van der Waals surface area contributed by atoms with Crippen LogP contribution in [0.2, 0.25) is 0 Å². The van der Waals surface area contributed by atoms with Crippen LogP contribution in [0.5, 0.6) is 0 Å². The van der Waals surface area contributed by atoms with Gasteiger partial charge in [0.05, 0.1) is 9.82 Å². The highest BCUT2D eigenvalue weighted by atomic mass is 32.2. The van der Waals surface area contributed by atoms with Crippen molar-refractivity contribution in [3.8, 4) is 0 Å². The minimum atomic E-state index is -3.69. The fourth-order valence-corrected chi connectivity index (χ4v) is 4.75. The van der Waals surface area contributed by atoms with Crippen molar-refractivity contribution < 1.29 is 13.3 Å². The molecule has 0 spiro atoms. The molecule has 0 atom stereocenters. The summed E-state index contributed by atoms with van der Waals surface area (Å²) in [6.45, 7) is 3.64. The average Bonchev–Trinajstić information content (AvgIpc) is 2.55. The van der Waals surface area contributed by atoms with E-state index >= 15 is 0 Å². The largest absolute Gasteiger partial charge is 0.319 e. The predicted octanol–water partition coefficient (Wildman–Crippen LogP) is 1.78. The van der Waals surface area contributed by atoms with Gasteiger partial charge in [-0.3, -0.25) is 10.1 Å². The van der Waals surface area contributed by atoms with E-state index in [-0.39, 0.29) is 10.6 Å². The number of hydrogen-bond donors (Lipinski definition) is 1. The van der Waals surface area contributed by atoms with Gasteiger partial charge in [0.1, 0.15) is 0 Å². The summed E-state index contributed by atoms with van der Waals surface area (Å²) < 4.78 is 27.2. The molecule has 1 aromatic carbocycles. The predicted molar refractivity (Wildman–Crippen MR) is 87.9 cm³/mol. The topological polar surface area (TPSA) is 92.5 Å². The molecule has 1 saturated heterocycles. The molecule has 1 aliphatic heterocycles. The number of nitro benzene ring substituents is 1. The lowest BCUT2D eigenvalue weighted by Gasteiger charge is -2.31. The molecule has 1 N–H and O–H groups in total. The van der Waals surface area contributed by atoms with Gasteiger partial charge in [-0.05, 0) is 44.3 Å². The maximum absolute atomic E-state index is 12.9. The number of aryl methyl sites for hydroxylation is 1. The van der Waals surface area contributed by atoms with Crippen molar-refractivity contribution in [3.05, 3.63) is 33.9 Å². The highest BCUT2D eigenvalue weighted by Crippen LogP contribution is 2.28. The van der Waals surface area contributed by atoms with Crippen molar-refractivity contribution in [3.63, 3.8) is 0 Å². The van der Waals surface area contributed by atoms with E-state index in [0.717, 1.165) is 19.4 Å². The Labute approximate surface area is 136 Å². The SMILES string of the molecule is CCc1ccc([N+](=O)[O-])cc1S(=O)(=O)N1CCC(CNC)CC1. The second-order valence-electron chi connectivity index (χ2n) is 5.81.